The first kappa shape index (κ1) is 7.26. The van der Waals surface area contributed by atoms with Gasteiger partial charge in [0.2, 0.25) is 0 Å². The van der Waals surface area contributed by atoms with Gasteiger partial charge in [0.1, 0.15) is 11.9 Å². The lowest BCUT2D eigenvalue weighted by molar-refractivity contribution is 0.623. The molecule has 3 heteroatoms. The molecule has 2 nitrogen and oxygen atoms in total. The summed E-state index contributed by atoms with van der Waals surface area (Å²) in [6, 6.07) is 6.79. The number of halogens is 1. The van der Waals surface area contributed by atoms with Gasteiger partial charge in [-0.15, -0.1) is 0 Å². The summed E-state index contributed by atoms with van der Waals surface area (Å²) in [5, 5.41) is 11.6. The fraction of sp³-hybridized carbons (Fsp3) is 0.222. The van der Waals surface area contributed by atoms with Crippen molar-refractivity contribution in [1.29, 1.82) is 5.26 Å². The molecule has 0 radical (unpaired) electrons. The summed E-state index contributed by atoms with van der Waals surface area (Å²) in [4.78, 5) is 0. The van der Waals surface area contributed by atoms with E-state index in [4.69, 9.17) is 5.26 Å². The Morgan fingerprint density at radius 2 is 2.33 bits per heavy atom. The molecule has 1 aliphatic rings. The zero-order valence-electron chi connectivity index (χ0n) is 6.34. The predicted molar refractivity (Wildman–Crippen MR) is 41.9 cm³/mol. The molecule has 0 unspecified atom stereocenters. The van der Waals surface area contributed by atoms with E-state index < -0.39 is 5.82 Å². The smallest absolute Gasteiger partial charge is 0.140 e. The van der Waals surface area contributed by atoms with Crippen LogP contribution in [0.5, 0.6) is 0 Å². The molecule has 1 aliphatic heterocycles. The highest BCUT2D eigenvalue weighted by atomic mass is 19.1. The zero-order valence-corrected chi connectivity index (χ0v) is 6.34. The third-order valence-electron chi connectivity index (χ3n) is 1.92. The number of nitrogens with one attached hydrogen (secondary N) is 1. The van der Waals surface area contributed by atoms with E-state index in [2.05, 4.69) is 5.32 Å². The van der Waals surface area contributed by atoms with Crippen molar-refractivity contribution in [3.63, 3.8) is 0 Å². The molecule has 60 valence electrons. The van der Waals surface area contributed by atoms with Crippen molar-refractivity contribution in [2.45, 2.75) is 6.04 Å². The Morgan fingerprint density at radius 1 is 1.58 bits per heavy atom. The molecule has 0 aromatic heterocycles. The number of nitriles is 1. The van der Waals surface area contributed by atoms with E-state index >= 15 is 0 Å². The summed E-state index contributed by atoms with van der Waals surface area (Å²) >= 11 is 0. The first-order valence-corrected chi connectivity index (χ1v) is 3.74. The summed E-state index contributed by atoms with van der Waals surface area (Å²) in [5.74, 6) is -0.443. The lowest BCUT2D eigenvalue weighted by Gasteiger charge is -1.97. The van der Waals surface area contributed by atoms with E-state index in [1.807, 2.05) is 6.07 Å². The van der Waals surface area contributed by atoms with Crippen molar-refractivity contribution in [2.75, 3.05) is 6.54 Å². The lowest BCUT2D eigenvalue weighted by Crippen LogP contribution is -1.89. The fourth-order valence-corrected chi connectivity index (χ4v) is 1.14. The number of benzene rings is 1. The van der Waals surface area contributed by atoms with Crippen LogP contribution in [0.1, 0.15) is 17.2 Å². The van der Waals surface area contributed by atoms with Crippen LogP contribution < -0.4 is 5.32 Å². The first-order chi connectivity index (χ1) is 5.81. The second kappa shape index (κ2) is 2.58. The van der Waals surface area contributed by atoms with Crippen LogP contribution >= 0.6 is 0 Å². The van der Waals surface area contributed by atoms with Gasteiger partial charge in [-0.2, -0.15) is 5.26 Å². The third-order valence-corrected chi connectivity index (χ3v) is 1.92. The minimum absolute atomic E-state index is 0.126. The Kier molecular flexibility index (Phi) is 1.56. The van der Waals surface area contributed by atoms with Gasteiger partial charge in [-0.3, -0.25) is 0 Å². The van der Waals surface area contributed by atoms with E-state index in [0.29, 0.717) is 6.04 Å². The maximum absolute atomic E-state index is 12.8. The lowest BCUT2D eigenvalue weighted by atomic mass is 10.1. The Morgan fingerprint density at radius 3 is 2.92 bits per heavy atom. The molecular formula is C9H7FN2. The monoisotopic (exact) mass is 162 g/mol. The van der Waals surface area contributed by atoms with Gasteiger partial charge < -0.3 is 5.32 Å². The highest BCUT2D eigenvalue weighted by Crippen LogP contribution is 2.22. The van der Waals surface area contributed by atoms with Gasteiger partial charge >= 0.3 is 0 Å². The Balaban J connectivity index is 2.42. The van der Waals surface area contributed by atoms with Gasteiger partial charge in [0.25, 0.3) is 0 Å². The minimum atomic E-state index is -0.443. The molecule has 1 aromatic rings. The standard InChI is InChI=1S/C9H7FN2/c10-8-2-1-6(9-5-12-9)3-7(8)4-11/h1-3,9,12H,5H2/t9-/m1/s1. The summed E-state index contributed by atoms with van der Waals surface area (Å²) in [6.45, 7) is 0.927. The SMILES string of the molecule is N#Cc1cc([C@H]2CN2)ccc1F. The topological polar surface area (TPSA) is 45.7 Å². The van der Waals surface area contributed by atoms with Crippen LogP contribution in [0.25, 0.3) is 0 Å². The molecular weight excluding hydrogens is 155 g/mol. The highest BCUT2D eigenvalue weighted by molar-refractivity contribution is 5.37. The van der Waals surface area contributed by atoms with Crippen molar-refractivity contribution < 1.29 is 4.39 Å². The van der Waals surface area contributed by atoms with Gasteiger partial charge in [-0.25, -0.2) is 4.39 Å². The maximum atomic E-state index is 12.8. The van der Waals surface area contributed by atoms with Crippen molar-refractivity contribution in [2.24, 2.45) is 0 Å². The number of nitrogens with zero attached hydrogens (tertiary/aromatic N) is 1. The molecule has 12 heavy (non-hydrogen) atoms. The molecule has 1 saturated heterocycles. The van der Waals surface area contributed by atoms with E-state index in [1.165, 1.54) is 6.07 Å². The minimum Gasteiger partial charge on any atom is -0.307 e. The van der Waals surface area contributed by atoms with Crippen LogP contribution in [0.2, 0.25) is 0 Å². The Labute approximate surface area is 69.6 Å². The Hall–Kier alpha value is -1.40. The van der Waals surface area contributed by atoms with Crippen molar-refractivity contribution in [1.82, 2.24) is 5.32 Å². The van der Waals surface area contributed by atoms with Gasteiger partial charge in [0.15, 0.2) is 0 Å². The molecule has 1 fully saturated rings. The number of hydrogen-bond donors (Lipinski definition) is 1. The van der Waals surface area contributed by atoms with Gasteiger partial charge in [0, 0.05) is 12.6 Å². The van der Waals surface area contributed by atoms with Crippen LogP contribution in [0.3, 0.4) is 0 Å². The van der Waals surface area contributed by atoms with Gasteiger partial charge in [0.05, 0.1) is 5.56 Å². The molecule has 0 saturated carbocycles. The van der Waals surface area contributed by atoms with Crippen molar-refractivity contribution in [3.05, 3.63) is 35.1 Å². The van der Waals surface area contributed by atoms with E-state index in [1.54, 1.807) is 12.1 Å². The highest BCUT2D eigenvalue weighted by Gasteiger charge is 2.22. The molecule has 1 aromatic carbocycles. The van der Waals surface area contributed by atoms with Crippen LogP contribution in [0.15, 0.2) is 18.2 Å². The zero-order chi connectivity index (χ0) is 8.55. The second-order valence-corrected chi connectivity index (χ2v) is 2.81. The maximum Gasteiger partial charge on any atom is 0.140 e. The summed E-state index contributed by atoms with van der Waals surface area (Å²) in [7, 11) is 0. The quantitative estimate of drug-likeness (QED) is 0.633. The molecule has 0 aliphatic carbocycles. The Bertz CT molecular complexity index is 350. The molecule has 0 bridgehead atoms. The van der Waals surface area contributed by atoms with Crippen LogP contribution in [-0.4, -0.2) is 6.54 Å². The number of hydrogen-bond acceptors (Lipinski definition) is 2. The normalized spacial score (nSPS) is 20.2. The average Bonchev–Trinajstić information content (AvgIpc) is 2.88. The molecule has 0 amide bonds. The average molecular weight is 162 g/mol. The van der Waals surface area contributed by atoms with Crippen molar-refractivity contribution >= 4 is 0 Å². The number of rotatable bonds is 1. The third kappa shape index (κ3) is 1.17. The largest absolute Gasteiger partial charge is 0.307 e. The van der Waals surface area contributed by atoms with Crippen LogP contribution in [0, 0.1) is 17.1 Å². The van der Waals surface area contributed by atoms with E-state index in [-0.39, 0.29) is 5.56 Å². The van der Waals surface area contributed by atoms with E-state index in [9.17, 15) is 4.39 Å². The molecule has 1 N–H and O–H groups in total. The first-order valence-electron chi connectivity index (χ1n) is 3.74. The molecule has 1 atom stereocenters. The predicted octanol–water partition coefficient (Wildman–Crippen LogP) is 1.34. The van der Waals surface area contributed by atoms with Crippen LogP contribution in [-0.2, 0) is 0 Å². The second-order valence-electron chi connectivity index (χ2n) is 2.81. The molecule has 2 rings (SSSR count). The summed E-state index contributed by atoms with van der Waals surface area (Å²) < 4.78 is 12.8. The summed E-state index contributed by atoms with van der Waals surface area (Å²) in [6.07, 6.45) is 0. The van der Waals surface area contributed by atoms with E-state index in [0.717, 1.165) is 12.1 Å². The fourth-order valence-electron chi connectivity index (χ4n) is 1.14. The van der Waals surface area contributed by atoms with Gasteiger partial charge in [-0.1, -0.05) is 6.07 Å². The van der Waals surface area contributed by atoms with Crippen LogP contribution in [0.4, 0.5) is 4.39 Å². The molecule has 1 heterocycles. The summed E-state index contributed by atoms with van der Waals surface area (Å²) in [5.41, 5.74) is 1.12. The van der Waals surface area contributed by atoms with Crippen molar-refractivity contribution in [3.8, 4) is 6.07 Å². The van der Waals surface area contributed by atoms with Gasteiger partial charge in [-0.05, 0) is 17.7 Å². The molecule has 0 spiro atoms.